The summed E-state index contributed by atoms with van der Waals surface area (Å²) in [5, 5.41) is 0. The van der Waals surface area contributed by atoms with Gasteiger partial charge in [0, 0.05) is 35.9 Å². The van der Waals surface area contributed by atoms with Crippen LogP contribution in [0.15, 0.2) is 27.6 Å². The summed E-state index contributed by atoms with van der Waals surface area (Å²) in [6, 6.07) is 4.06. The first-order chi connectivity index (χ1) is 8.77. The van der Waals surface area contributed by atoms with E-state index in [1.807, 2.05) is 0 Å². The van der Waals surface area contributed by atoms with Gasteiger partial charge in [-0.3, -0.25) is 4.79 Å². The zero-order valence-corrected chi connectivity index (χ0v) is 13.5. The molecular weight excluding hydrogens is 358 g/mol. The summed E-state index contributed by atoms with van der Waals surface area (Å²) < 4.78 is 27.9. The summed E-state index contributed by atoms with van der Waals surface area (Å²) in [6.07, 6.45) is 0. The molecule has 0 bridgehead atoms. The Bertz CT molecular complexity index is 576. The number of carbonyl (C=O) groups is 1. The number of likely N-dealkylation sites (N-methyl/N-ethyl adjacent to an activating group) is 1. The molecule has 5 nitrogen and oxygen atoms in total. The van der Waals surface area contributed by atoms with Gasteiger partial charge in [0.15, 0.2) is 0 Å². The quantitative estimate of drug-likeness (QED) is 0.745. The maximum atomic E-state index is 12.2. The number of nitrogens with zero attached hydrogens (tertiary/aromatic N) is 1. The summed E-state index contributed by atoms with van der Waals surface area (Å²) in [6.45, 7) is 0.799. The van der Waals surface area contributed by atoms with Crippen molar-refractivity contribution in [1.82, 2.24) is 4.90 Å². The minimum absolute atomic E-state index is 0.110. The highest BCUT2D eigenvalue weighted by Crippen LogP contribution is 2.24. The number of halogens is 2. The third kappa shape index (κ3) is 4.45. The largest absolute Gasteiger partial charge is 0.383 e. The lowest BCUT2D eigenvalue weighted by Gasteiger charge is -2.17. The molecule has 0 heterocycles. The monoisotopic (exact) mass is 369 g/mol. The van der Waals surface area contributed by atoms with Gasteiger partial charge in [-0.15, -0.1) is 0 Å². The van der Waals surface area contributed by atoms with E-state index in [1.165, 1.54) is 30.2 Å². The van der Waals surface area contributed by atoms with Crippen LogP contribution in [0, 0.1) is 0 Å². The van der Waals surface area contributed by atoms with Gasteiger partial charge in [-0.2, -0.15) is 0 Å². The predicted octanol–water partition coefficient (Wildman–Crippen LogP) is 2.10. The Morgan fingerprint density at radius 3 is 2.63 bits per heavy atom. The number of hydrogen-bond donors (Lipinski definition) is 0. The van der Waals surface area contributed by atoms with Gasteiger partial charge < -0.3 is 9.64 Å². The molecule has 0 spiro atoms. The van der Waals surface area contributed by atoms with Crippen LogP contribution >= 0.6 is 26.6 Å². The van der Waals surface area contributed by atoms with E-state index in [0.717, 1.165) is 0 Å². The Morgan fingerprint density at radius 2 is 2.11 bits per heavy atom. The van der Waals surface area contributed by atoms with E-state index in [-0.39, 0.29) is 16.4 Å². The van der Waals surface area contributed by atoms with Crippen LogP contribution in [0.2, 0.25) is 0 Å². The van der Waals surface area contributed by atoms with Crippen LogP contribution < -0.4 is 0 Å². The number of methoxy groups -OCH3 is 1. The number of ether oxygens (including phenoxy) is 1. The lowest BCUT2D eigenvalue weighted by atomic mass is 10.2. The van der Waals surface area contributed by atoms with Gasteiger partial charge in [0.1, 0.15) is 0 Å². The van der Waals surface area contributed by atoms with Crippen molar-refractivity contribution in [3.63, 3.8) is 0 Å². The number of rotatable bonds is 5. The molecule has 0 aromatic heterocycles. The highest BCUT2D eigenvalue weighted by molar-refractivity contribution is 9.10. The maximum Gasteiger partial charge on any atom is 0.261 e. The average molecular weight is 371 g/mol. The van der Waals surface area contributed by atoms with Crippen molar-refractivity contribution < 1.29 is 17.9 Å². The van der Waals surface area contributed by atoms with E-state index in [1.54, 1.807) is 7.05 Å². The van der Waals surface area contributed by atoms with Crippen LogP contribution in [0.1, 0.15) is 10.4 Å². The zero-order chi connectivity index (χ0) is 14.6. The topological polar surface area (TPSA) is 63.7 Å². The minimum Gasteiger partial charge on any atom is -0.383 e. The first kappa shape index (κ1) is 16.4. The average Bonchev–Trinajstić information content (AvgIpc) is 2.34. The Hall–Kier alpha value is -0.630. The molecule has 1 aromatic rings. The molecule has 1 amide bonds. The second-order valence-electron chi connectivity index (χ2n) is 3.80. The SMILES string of the molecule is COCCN(C)C(=O)c1cc(S(=O)(=O)Cl)ccc1Br. The molecule has 0 saturated carbocycles. The van der Waals surface area contributed by atoms with Crippen LogP contribution in [0.5, 0.6) is 0 Å². The van der Waals surface area contributed by atoms with Crippen molar-refractivity contribution in [1.29, 1.82) is 0 Å². The molecule has 0 unspecified atom stereocenters. The Morgan fingerprint density at radius 1 is 1.47 bits per heavy atom. The van der Waals surface area contributed by atoms with E-state index >= 15 is 0 Å². The lowest BCUT2D eigenvalue weighted by molar-refractivity contribution is 0.0743. The summed E-state index contributed by atoms with van der Waals surface area (Å²) in [5.41, 5.74) is 0.236. The summed E-state index contributed by atoms with van der Waals surface area (Å²) in [7, 11) is 4.54. The molecule has 0 fully saturated rings. The Labute approximate surface area is 125 Å². The molecule has 1 aromatic carbocycles. The van der Waals surface area contributed by atoms with E-state index in [2.05, 4.69) is 15.9 Å². The number of benzene rings is 1. The van der Waals surface area contributed by atoms with Gasteiger partial charge in [-0.05, 0) is 34.1 Å². The Balaban J connectivity index is 3.09. The van der Waals surface area contributed by atoms with Crippen molar-refractivity contribution in [2.75, 3.05) is 27.3 Å². The van der Waals surface area contributed by atoms with Crippen molar-refractivity contribution in [3.8, 4) is 0 Å². The summed E-state index contributed by atoms with van der Waals surface area (Å²) in [5.74, 6) is -0.314. The van der Waals surface area contributed by atoms with Crippen LogP contribution in [-0.2, 0) is 13.8 Å². The highest BCUT2D eigenvalue weighted by Gasteiger charge is 2.19. The zero-order valence-electron chi connectivity index (χ0n) is 10.4. The summed E-state index contributed by atoms with van der Waals surface area (Å²) >= 11 is 3.22. The van der Waals surface area contributed by atoms with E-state index in [9.17, 15) is 13.2 Å². The fourth-order valence-corrected chi connectivity index (χ4v) is 2.55. The van der Waals surface area contributed by atoms with Crippen molar-refractivity contribution in [2.24, 2.45) is 0 Å². The molecule has 1 rings (SSSR count). The van der Waals surface area contributed by atoms with E-state index in [0.29, 0.717) is 17.6 Å². The van der Waals surface area contributed by atoms with Gasteiger partial charge in [0.05, 0.1) is 17.1 Å². The fraction of sp³-hybridized carbons (Fsp3) is 0.364. The molecular formula is C11H13BrClNO4S. The molecule has 0 aliphatic heterocycles. The molecule has 19 heavy (non-hydrogen) atoms. The highest BCUT2D eigenvalue weighted by atomic mass is 79.9. The van der Waals surface area contributed by atoms with Crippen molar-refractivity contribution in [3.05, 3.63) is 28.2 Å². The third-order valence-electron chi connectivity index (χ3n) is 2.43. The van der Waals surface area contributed by atoms with Crippen LogP contribution in [-0.4, -0.2) is 46.5 Å². The number of amides is 1. The predicted molar refractivity (Wildman–Crippen MR) is 76.0 cm³/mol. The van der Waals surface area contributed by atoms with Crippen LogP contribution in [0.25, 0.3) is 0 Å². The van der Waals surface area contributed by atoms with Gasteiger partial charge >= 0.3 is 0 Å². The molecule has 0 aliphatic rings. The Kier molecular flexibility index (Phi) is 5.79. The van der Waals surface area contributed by atoms with Gasteiger partial charge in [-0.1, -0.05) is 0 Å². The first-order valence-corrected chi connectivity index (χ1v) is 8.36. The molecule has 0 saturated heterocycles. The first-order valence-electron chi connectivity index (χ1n) is 5.26. The molecule has 106 valence electrons. The molecule has 0 aliphatic carbocycles. The van der Waals surface area contributed by atoms with Crippen LogP contribution in [0.3, 0.4) is 0 Å². The maximum absolute atomic E-state index is 12.2. The van der Waals surface area contributed by atoms with Gasteiger partial charge in [-0.25, -0.2) is 8.42 Å². The summed E-state index contributed by atoms with van der Waals surface area (Å²) in [4.78, 5) is 13.5. The van der Waals surface area contributed by atoms with Crippen molar-refractivity contribution in [2.45, 2.75) is 4.90 Å². The van der Waals surface area contributed by atoms with Crippen LogP contribution in [0.4, 0.5) is 0 Å². The minimum atomic E-state index is -3.86. The van der Waals surface area contributed by atoms with Crippen molar-refractivity contribution >= 4 is 41.6 Å². The van der Waals surface area contributed by atoms with E-state index < -0.39 is 9.05 Å². The number of hydrogen-bond acceptors (Lipinski definition) is 4. The lowest BCUT2D eigenvalue weighted by Crippen LogP contribution is -2.30. The second kappa shape index (κ2) is 6.69. The molecule has 8 heteroatoms. The second-order valence-corrected chi connectivity index (χ2v) is 7.22. The molecule has 0 radical (unpaired) electrons. The van der Waals surface area contributed by atoms with Gasteiger partial charge in [0.2, 0.25) is 0 Å². The normalized spacial score (nSPS) is 11.4. The third-order valence-corrected chi connectivity index (χ3v) is 4.47. The molecule has 0 N–H and O–H groups in total. The molecule has 0 atom stereocenters. The van der Waals surface area contributed by atoms with Gasteiger partial charge in [0.25, 0.3) is 15.0 Å². The number of carbonyl (C=O) groups excluding carboxylic acids is 1. The van der Waals surface area contributed by atoms with E-state index in [4.69, 9.17) is 15.4 Å². The fourth-order valence-electron chi connectivity index (χ4n) is 1.36. The standard InChI is InChI=1S/C11H13BrClNO4S/c1-14(5-6-18-2)11(15)9-7-8(19(13,16)17)3-4-10(9)12/h3-4,7H,5-6H2,1-2H3. The smallest absolute Gasteiger partial charge is 0.261 e.